The molecule has 2 N–H and O–H groups in total. The summed E-state index contributed by atoms with van der Waals surface area (Å²) in [7, 11) is 3.05. The Morgan fingerprint density at radius 2 is 1.71 bits per heavy atom. The lowest BCUT2D eigenvalue weighted by Crippen LogP contribution is -2.34. The van der Waals surface area contributed by atoms with Crippen LogP contribution in [-0.4, -0.2) is 30.2 Å². The number of hydrogen-bond donors (Lipinski definition) is 2. The number of carbonyl (C=O) groups excluding carboxylic acids is 1. The van der Waals surface area contributed by atoms with Gasteiger partial charge in [0, 0.05) is 17.7 Å². The van der Waals surface area contributed by atoms with Crippen LogP contribution >= 0.6 is 12.2 Å². The van der Waals surface area contributed by atoms with Crippen molar-refractivity contribution < 1.29 is 18.7 Å². The predicted octanol–water partition coefficient (Wildman–Crippen LogP) is 5.13. The SMILES string of the molecule is CCc1ccc2oc(Cc3ccc(NC(=S)NC(=O)c4ccc(OC)c(OC)c4)cc3)nc2c1. The normalized spacial score (nSPS) is 10.7. The van der Waals surface area contributed by atoms with Gasteiger partial charge in [-0.15, -0.1) is 0 Å². The van der Waals surface area contributed by atoms with Crippen molar-refractivity contribution in [1.29, 1.82) is 0 Å². The van der Waals surface area contributed by atoms with E-state index in [9.17, 15) is 4.79 Å². The molecule has 0 aliphatic carbocycles. The lowest BCUT2D eigenvalue weighted by molar-refractivity contribution is 0.0977. The van der Waals surface area contributed by atoms with E-state index in [1.165, 1.54) is 19.8 Å². The zero-order valence-corrected chi connectivity index (χ0v) is 20.0. The zero-order valence-electron chi connectivity index (χ0n) is 19.2. The van der Waals surface area contributed by atoms with Crippen molar-refractivity contribution in [2.24, 2.45) is 0 Å². The predicted molar refractivity (Wildman–Crippen MR) is 136 cm³/mol. The average Bonchev–Trinajstić information content (AvgIpc) is 3.25. The van der Waals surface area contributed by atoms with Gasteiger partial charge in [0.05, 0.1) is 14.2 Å². The standard InChI is InChI=1S/C26H25N3O4S/c1-4-16-7-11-21-20(13-16)28-24(33-21)14-17-5-9-19(10-6-17)27-26(34)29-25(30)18-8-12-22(31-2)23(15-18)32-3/h5-13,15H,4,14H2,1-3H3,(H2,27,29,30,34). The number of benzene rings is 3. The first-order valence-corrected chi connectivity index (χ1v) is 11.2. The number of hydrogen-bond acceptors (Lipinski definition) is 6. The van der Waals surface area contributed by atoms with Gasteiger partial charge in [-0.2, -0.15) is 0 Å². The lowest BCUT2D eigenvalue weighted by Gasteiger charge is -2.12. The molecule has 1 aromatic heterocycles. The van der Waals surface area contributed by atoms with Crippen molar-refractivity contribution in [3.63, 3.8) is 0 Å². The van der Waals surface area contributed by atoms with Crippen LogP contribution in [0.15, 0.2) is 65.1 Å². The molecule has 3 aromatic carbocycles. The summed E-state index contributed by atoms with van der Waals surface area (Å²) in [6.45, 7) is 2.12. The van der Waals surface area contributed by atoms with Crippen molar-refractivity contribution in [1.82, 2.24) is 10.3 Å². The van der Waals surface area contributed by atoms with Crippen LogP contribution in [0.2, 0.25) is 0 Å². The largest absolute Gasteiger partial charge is 0.493 e. The zero-order chi connectivity index (χ0) is 24.1. The van der Waals surface area contributed by atoms with Crippen LogP contribution in [0.3, 0.4) is 0 Å². The molecule has 0 aliphatic rings. The molecule has 0 bridgehead atoms. The van der Waals surface area contributed by atoms with Gasteiger partial charge in [-0.05, 0) is 72.2 Å². The Balaban J connectivity index is 1.36. The number of oxazole rings is 1. The van der Waals surface area contributed by atoms with E-state index in [0.717, 1.165) is 28.8 Å². The van der Waals surface area contributed by atoms with Gasteiger partial charge < -0.3 is 19.2 Å². The molecule has 8 heteroatoms. The van der Waals surface area contributed by atoms with Crippen LogP contribution in [-0.2, 0) is 12.8 Å². The van der Waals surface area contributed by atoms with E-state index in [1.807, 2.05) is 30.3 Å². The first-order chi connectivity index (χ1) is 16.5. The maximum Gasteiger partial charge on any atom is 0.257 e. The third kappa shape index (κ3) is 5.35. The number of aromatic nitrogens is 1. The molecule has 1 heterocycles. The third-order valence-electron chi connectivity index (χ3n) is 5.34. The van der Waals surface area contributed by atoms with Gasteiger partial charge in [0.1, 0.15) is 5.52 Å². The first-order valence-electron chi connectivity index (χ1n) is 10.8. The number of fused-ring (bicyclic) bond motifs is 1. The quantitative estimate of drug-likeness (QED) is 0.359. The van der Waals surface area contributed by atoms with Crippen molar-refractivity contribution >= 4 is 40.0 Å². The molecule has 1 amide bonds. The number of thiocarbonyl (C=S) groups is 1. The van der Waals surface area contributed by atoms with Crippen LogP contribution in [0.5, 0.6) is 11.5 Å². The van der Waals surface area contributed by atoms with Gasteiger partial charge in [0.15, 0.2) is 28.1 Å². The molecule has 0 spiro atoms. The highest BCUT2D eigenvalue weighted by molar-refractivity contribution is 7.80. The molecule has 0 saturated carbocycles. The summed E-state index contributed by atoms with van der Waals surface area (Å²) in [5.74, 6) is 1.33. The Kier molecular flexibility index (Phi) is 7.08. The minimum atomic E-state index is -0.350. The summed E-state index contributed by atoms with van der Waals surface area (Å²) < 4.78 is 16.3. The lowest BCUT2D eigenvalue weighted by atomic mass is 10.1. The van der Waals surface area contributed by atoms with E-state index in [-0.39, 0.29) is 11.0 Å². The number of rotatable bonds is 7. The molecule has 7 nitrogen and oxygen atoms in total. The van der Waals surface area contributed by atoms with E-state index in [1.54, 1.807) is 18.2 Å². The van der Waals surface area contributed by atoms with Gasteiger partial charge in [-0.25, -0.2) is 4.98 Å². The van der Waals surface area contributed by atoms with E-state index < -0.39 is 0 Å². The second-order valence-electron chi connectivity index (χ2n) is 7.61. The maximum absolute atomic E-state index is 12.5. The molecule has 0 fully saturated rings. The summed E-state index contributed by atoms with van der Waals surface area (Å²) in [4.78, 5) is 17.1. The Labute approximate surface area is 203 Å². The number of anilines is 1. The third-order valence-corrected chi connectivity index (χ3v) is 5.55. The molecule has 0 unspecified atom stereocenters. The van der Waals surface area contributed by atoms with Crippen LogP contribution in [0, 0.1) is 0 Å². The number of amides is 1. The fourth-order valence-corrected chi connectivity index (χ4v) is 3.72. The first kappa shape index (κ1) is 23.3. The highest BCUT2D eigenvalue weighted by Crippen LogP contribution is 2.27. The summed E-state index contributed by atoms with van der Waals surface area (Å²) in [6, 6.07) is 18.7. The minimum Gasteiger partial charge on any atom is -0.493 e. The molecule has 0 aliphatic heterocycles. The summed E-state index contributed by atoms with van der Waals surface area (Å²) in [6.07, 6.45) is 1.54. The molecule has 34 heavy (non-hydrogen) atoms. The van der Waals surface area contributed by atoms with E-state index in [0.29, 0.717) is 29.4 Å². The van der Waals surface area contributed by atoms with Gasteiger partial charge in [-0.3, -0.25) is 10.1 Å². The molecule has 0 saturated heterocycles. The van der Waals surface area contributed by atoms with Gasteiger partial charge in [0.25, 0.3) is 5.91 Å². The Morgan fingerprint density at radius 1 is 0.971 bits per heavy atom. The Bertz CT molecular complexity index is 1330. The van der Waals surface area contributed by atoms with Crippen molar-refractivity contribution in [2.45, 2.75) is 19.8 Å². The topological polar surface area (TPSA) is 85.6 Å². The Morgan fingerprint density at radius 3 is 2.41 bits per heavy atom. The van der Waals surface area contributed by atoms with Crippen molar-refractivity contribution in [3.8, 4) is 11.5 Å². The highest BCUT2D eigenvalue weighted by Gasteiger charge is 2.12. The van der Waals surface area contributed by atoms with Crippen molar-refractivity contribution in [3.05, 3.63) is 83.2 Å². The van der Waals surface area contributed by atoms with E-state index in [4.69, 9.17) is 26.1 Å². The van der Waals surface area contributed by atoms with E-state index in [2.05, 4.69) is 34.7 Å². The maximum atomic E-state index is 12.5. The molecule has 4 aromatic rings. The number of carbonyl (C=O) groups is 1. The molecule has 0 radical (unpaired) electrons. The summed E-state index contributed by atoms with van der Waals surface area (Å²) in [5.41, 5.74) is 5.11. The fourth-order valence-electron chi connectivity index (χ4n) is 3.51. The minimum absolute atomic E-state index is 0.193. The number of nitrogens with zero attached hydrogens (tertiary/aromatic N) is 1. The smallest absolute Gasteiger partial charge is 0.257 e. The molecule has 0 atom stereocenters. The average molecular weight is 476 g/mol. The van der Waals surface area contributed by atoms with Gasteiger partial charge >= 0.3 is 0 Å². The van der Waals surface area contributed by atoms with Gasteiger partial charge in [-0.1, -0.05) is 25.1 Å². The molecular weight excluding hydrogens is 450 g/mol. The van der Waals surface area contributed by atoms with Crippen LogP contribution in [0.4, 0.5) is 5.69 Å². The monoisotopic (exact) mass is 475 g/mol. The number of ether oxygens (including phenoxy) is 2. The number of aryl methyl sites for hydroxylation is 1. The summed E-state index contributed by atoms with van der Waals surface area (Å²) >= 11 is 5.29. The second-order valence-corrected chi connectivity index (χ2v) is 8.02. The van der Waals surface area contributed by atoms with Crippen LogP contribution in [0.25, 0.3) is 11.1 Å². The molecule has 174 valence electrons. The second kappa shape index (κ2) is 10.4. The van der Waals surface area contributed by atoms with Crippen LogP contribution < -0.4 is 20.1 Å². The highest BCUT2D eigenvalue weighted by atomic mass is 32.1. The van der Waals surface area contributed by atoms with E-state index >= 15 is 0 Å². The number of nitrogens with one attached hydrogen (secondary N) is 2. The van der Waals surface area contributed by atoms with Crippen molar-refractivity contribution in [2.75, 3.05) is 19.5 Å². The Hall–Kier alpha value is -3.91. The molecule has 4 rings (SSSR count). The number of methoxy groups -OCH3 is 2. The summed E-state index contributed by atoms with van der Waals surface area (Å²) in [5, 5.41) is 5.89. The van der Waals surface area contributed by atoms with Gasteiger partial charge in [0.2, 0.25) is 0 Å². The molecular formula is C26H25N3O4S. The van der Waals surface area contributed by atoms with Crippen LogP contribution in [0.1, 0.15) is 34.3 Å². The fraction of sp³-hybridized carbons (Fsp3) is 0.192.